The minimum absolute atomic E-state index is 0.320. The summed E-state index contributed by atoms with van der Waals surface area (Å²) in [6.07, 6.45) is 5.24. The topological polar surface area (TPSA) is 46.5 Å². The van der Waals surface area contributed by atoms with Crippen LogP contribution in [0.1, 0.15) is 25.8 Å². The van der Waals surface area contributed by atoms with Crippen LogP contribution in [0.5, 0.6) is 0 Å². The zero-order valence-corrected chi connectivity index (χ0v) is 14.8. The van der Waals surface area contributed by atoms with E-state index in [0.29, 0.717) is 17.6 Å². The van der Waals surface area contributed by atoms with Crippen LogP contribution in [0.2, 0.25) is 0 Å². The molecule has 0 fully saturated rings. The highest BCUT2D eigenvalue weighted by molar-refractivity contribution is 9.10. The number of carbonyl (C=O) groups excluding carboxylic acids is 1. The second-order valence-corrected chi connectivity index (χ2v) is 8.03. The predicted octanol–water partition coefficient (Wildman–Crippen LogP) is 4.04. The number of aliphatic hydroxyl groups is 1. The van der Waals surface area contributed by atoms with E-state index in [9.17, 15) is 9.90 Å². The zero-order valence-electron chi connectivity index (χ0n) is 12.4. The molecule has 118 valence electrons. The molecular weight excluding hydrogens is 368 g/mol. The Morgan fingerprint density at radius 3 is 2.55 bits per heavy atom. The molecule has 0 amide bonds. The average Bonchev–Trinajstić information content (AvgIpc) is 2.46. The smallest absolute Gasteiger partial charge is 0.347 e. The summed E-state index contributed by atoms with van der Waals surface area (Å²) in [5.41, 5.74) is -0.920. The second kappa shape index (κ2) is 6.57. The van der Waals surface area contributed by atoms with Crippen LogP contribution in [0, 0.1) is 0 Å². The van der Waals surface area contributed by atoms with Gasteiger partial charge in [0.15, 0.2) is 0 Å². The third-order valence-electron chi connectivity index (χ3n) is 3.35. The van der Waals surface area contributed by atoms with E-state index in [4.69, 9.17) is 16.3 Å². The van der Waals surface area contributed by atoms with Gasteiger partial charge in [-0.2, -0.15) is 0 Å². The molecule has 1 aromatic carbocycles. The van der Waals surface area contributed by atoms with E-state index in [2.05, 4.69) is 15.9 Å². The van der Waals surface area contributed by atoms with Gasteiger partial charge in [0.2, 0.25) is 5.60 Å². The van der Waals surface area contributed by atoms with Gasteiger partial charge in [0.1, 0.15) is 3.78 Å². The fraction of sp³-hybridized carbons (Fsp3) is 0.353. The highest BCUT2D eigenvalue weighted by Gasteiger charge is 2.44. The highest BCUT2D eigenvalue weighted by atomic mass is 79.9. The lowest BCUT2D eigenvalue weighted by Gasteiger charge is -2.31. The van der Waals surface area contributed by atoms with Crippen molar-refractivity contribution < 1.29 is 14.6 Å². The Balaban J connectivity index is 2.46. The lowest BCUT2D eigenvalue weighted by Crippen LogP contribution is -2.40. The Labute approximate surface area is 143 Å². The van der Waals surface area contributed by atoms with Crippen LogP contribution in [-0.2, 0) is 15.1 Å². The standard InChI is InChI=1S/C17H18BrClO3/c1-12(2)22-15(20)17(21,13-6-4-3-5-7-13)14-8-10-16(18,19)11-9-14/h3-10,12,21H,11H2,1-2H3. The predicted molar refractivity (Wildman–Crippen MR) is 90.9 cm³/mol. The SMILES string of the molecule is CC(C)OC(=O)C(O)(C1=CCC(Cl)(Br)C=C1)c1ccccc1. The van der Waals surface area contributed by atoms with E-state index < -0.39 is 15.4 Å². The number of hydrogen-bond donors (Lipinski definition) is 1. The van der Waals surface area contributed by atoms with Crippen LogP contribution in [-0.4, -0.2) is 21.0 Å². The number of hydrogen-bond acceptors (Lipinski definition) is 3. The fourth-order valence-corrected chi connectivity index (χ4v) is 2.68. The molecule has 1 aromatic rings. The highest BCUT2D eigenvalue weighted by Crippen LogP contribution is 2.40. The number of alkyl halides is 2. The van der Waals surface area contributed by atoms with Crippen LogP contribution >= 0.6 is 27.5 Å². The minimum Gasteiger partial charge on any atom is -0.460 e. The van der Waals surface area contributed by atoms with Gasteiger partial charge in [-0.05, 0) is 31.4 Å². The first-order valence-corrected chi connectivity index (χ1v) is 8.19. The first-order valence-electron chi connectivity index (χ1n) is 7.02. The van der Waals surface area contributed by atoms with Crippen LogP contribution < -0.4 is 0 Å². The summed E-state index contributed by atoms with van der Waals surface area (Å²) in [5, 5.41) is 11.1. The van der Waals surface area contributed by atoms with Gasteiger partial charge in [0.05, 0.1) is 6.10 Å². The quantitative estimate of drug-likeness (QED) is 0.628. The molecule has 0 radical (unpaired) electrons. The number of rotatable bonds is 4. The Morgan fingerprint density at radius 1 is 1.41 bits per heavy atom. The Kier molecular flexibility index (Phi) is 5.15. The first kappa shape index (κ1) is 17.3. The lowest BCUT2D eigenvalue weighted by molar-refractivity contribution is -0.166. The molecule has 1 aliphatic rings. The van der Waals surface area contributed by atoms with Gasteiger partial charge in [-0.3, -0.25) is 0 Å². The third-order valence-corrected chi connectivity index (χ3v) is 4.22. The number of allylic oxidation sites excluding steroid dienone is 2. The maximum Gasteiger partial charge on any atom is 0.347 e. The summed E-state index contributed by atoms with van der Waals surface area (Å²) >= 11 is 9.54. The third kappa shape index (κ3) is 3.62. The van der Waals surface area contributed by atoms with Gasteiger partial charge >= 0.3 is 5.97 Å². The van der Waals surface area contributed by atoms with E-state index in [1.165, 1.54) is 0 Å². The number of carbonyl (C=O) groups is 1. The molecule has 1 aliphatic carbocycles. The molecular formula is C17H18BrClO3. The number of esters is 1. The summed E-state index contributed by atoms with van der Waals surface area (Å²) in [7, 11) is 0. The second-order valence-electron chi connectivity index (χ2n) is 5.49. The molecule has 2 unspecified atom stereocenters. The maximum absolute atomic E-state index is 12.5. The molecule has 0 spiro atoms. The molecule has 0 saturated carbocycles. The normalized spacial score (nSPS) is 23.8. The summed E-state index contributed by atoms with van der Waals surface area (Å²) in [6, 6.07) is 8.77. The van der Waals surface area contributed by atoms with Crippen molar-refractivity contribution in [3.8, 4) is 0 Å². The van der Waals surface area contributed by atoms with Crippen molar-refractivity contribution in [1.29, 1.82) is 0 Å². The van der Waals surface area contributed by atoms with Gasteiger partial charge < -0.3 is 9.84 Å². The van der Waals surface area contributed by atoms with Gasteiger partial charge in [0.25, 0.3) is 0 Å². The van der Waals surface area contributed by atoms with E-state index in [-0.39, 0.29) is 6.10 Å². The van der Waals surface area contributed by atoms with E-state index in [0.717, 1.165) is 0 Å². The van der Waals surface area contributed by atoms with Gasteiger partial charge in [-0.25, -0.2) is 4.79 Å². The zero-order chi connectivity index (χ0) is 16.4. The van der Waals surface area contributed by atoms with Crippen LogP contribution in [0.4, 0.5) is 0 Å². The fourth-order valence-electron chi connectivity index (χ4n) is 2.24. The molecule has 0 heterocycles. The molecule has 5 heteroatoms. The monoisotopic (exact) mass is 384 g/mol. The summed E-state index contributed by atoms with van der Waals surface area (Å²) in [5.74, 6) is -0.693. The summed E-state index contributed by atoms with van der Waals surface area (Å²) in [4.78, 5) is 12.5. The average molecular weight is 386 g/mol. The van der Waals surface area contributed by atoms with Crippen molar-refractivity contribution in [2.75, 3.05) is 0 Å². The molecule has 0 saturated heterocycles. The van der Waals surface area contributed by atoms with Crippen LogP contribution in [0.3, 0.4) is 0 Å². The van der Waals surface area contributed by atoms with E-state index >= 15 is 0 Å². The molecule has 3 nitrogen and oxygen atoms in total. The van der Waals surface area contributed by atoms with Gasteiger partial charge in [0, 0.05) is 0 Å². The molecule has 22 heavy (non-hydrogen) atoms. The molecule has 2 atom stereocenters. The minimum atomic E-state index is -1.84. The van der Waals surface area contributed by atoms with Gasteiger partial charge in [-0.1, -0.05) is 64.5 Å². The van der Waals surface area contributed by atoms with Crippen LogP contribution in [0.25, 0.3) is 0 Å². The van der Waals surface area contributed by atoms with Crippen molar-refractivity contribution in [3.63, 3.8) is 0 Å². The van der Waals surface area contributed by atoms with Gasteiger partial charge in [-0.15, -0.1) is 11.6 Å². The van der Waals surface area contributed by atoms with Crippen LogP contribution in [0.15, 0.2) is 54.1 Å². The number of ether oxygens (including phenoxy) is 1. The first-order chi connectivity index (χ1) is 10.3. The molecule has 0 aliphatic heterocycles. The molecule has 2 rings (SSSR count). The van der Waals surface area contributed by atoms with Crippen molar-refractivity contribution in [2.45, 2.75) is 35.8 Å². The number of benzene rings is 1. The van der Waals surface area contributed by atoms with Crippen molar-refractivity contribution in [2.24, 2.45) is 0 Å². The lowest BCUT2D eigenvalue weighted by atomic mass is 9.83. The van der Waals surface area contributed by atoms with Crippen molar-refractivity contribution in [3.05, 3.63) is 59.7 Å². The Bertz CT molecular complexity index is 608. The Hall–Kier alpha value is -1.10. The summed E-state index contributed by atoms with van der Waals surface area (Å²) in [6.45, 7) is 3.49. The van der Waals surface area contributed by atoms with Crippen molar-refractivity contribution in [1.82, 2.24) is 0 Å². The molecule has 1 N–H and O–H groups in total. The molecule has 0 bridgehead atoms. The molecule has 0 aromatic heterocycles. The van der Waals surface area contributed by atoms with E-state index in [1.54, 1.807) is 56.3 Å². The number of halogens is 2. The largest absolute Gasteiger partial charge is 0.460 e. The maximum atomic E-state index is 12.5. The van der Waals surface area contributed by atoms with Crippen molar-refractivity contribution >= 4 is 33.5 Å². The summed E-state index contributed by atoms with van der Waals surface area (Å²) < 4.78 is 4.58. The Morgan fingerprint density at radius 2 is 2.05 bits per heavy atom. The van der Waals surface area contributed by atoms with E-state index in [1.807, 2.05) is 6.07 Å².